The molecule has 5 nitrogen and oxygen atoms in total. The SMILES string of the molecule is NCCC[C@@H](N)C(=O)N[C@H]([C]=O)CS. The van der Waals surface area contributed by atoms with Crippen LogP contribution in [0.4, 0.5) is 0 Å². The van der Waals surface area contributed by atoms with Crippen LogP contribution < -0.4 is 16.8 Å². The van der Waals surface area contributed by atoms with E-state index in [2.05, 4.69) is 17.9 Å². The molecule has 0 saturated heterocycles. The molecule has 0 rings (SSSR count). The highest BCUT2D eigenvalue weighted by Crippen LogP contribution is 1.94. The molecule has 0 aliphatic rings. The van der Waals surface area contributed by atoms with Crippen molar-refractivity contribution in [1.82, 2.24) is 5.32 Å². The highest BCUT2D eigenvalue weighted by molar-refractivity contribution is 7.80. The zero-order valence-electron chi connectivity index (χ0n) is 7.90. The molecule has 0 aromatic carbocycles. The van der Waals surface area contributed by atoms with E-state index in [0.717, 1.165) is 0 Å². The average molecular weight is 218 g/mol. The number of hydrogen-bond acceptors (Lipinski definition) is 5. The van der Waals surface area contributed by atoms with Crippen molar-refractivity contribution in [3.05, 3.63) is 0 Å². The summed E-state index contributed by atoms with van der Waals surface area (Å²) in [5.74, 6) is -0.139. The molecule has 0 aliphatic heterocycles. The molecule has 1 amide bonds. The standard InChI is InChI=1S/C8H16N3O2S/c9-3-1-2-7(10)8(13)11-6(4-12)5-14/h6-7,14H,1-3,5,9-10H2,(H,11,13)/t6-,7-/m1/s1. The van der Waals surface area contributed by atoms with Crippen LogP contribution in [0.15, 0.2) is 0 Å². The van der Waals surface area contributed by atoms with Gasteiger partial charge in [0.25, 0.3) is 0 Å². The van der Waals surface area contributed by atoms with Crippen LogP contribution >= 0.6 is 12.6 Å². The Morgan fingerprint density at radius 3 is 2.64 bits per heavy atom. The van der Waals surface area contributed by atoms with E-state index in [1.165, 1.54) is 0 Å². The van der Waals surface area contributed by atoms with Crippen molar-refractivity contribution >= 4 is 24.8 Å². The minimum absolute atomic E-state index is 0.221. The van der Waals surface area contributed by atoms with Crippen molar-refractivity contribution in [2.75, 3.05) is 12.3 Å². The fraction of sp³-hybridized carbons (Fsp3) is 0.750. The first-order valence-electron chi connectivity index (χ1n) is 4.40. The van der Waals surface area contributed by atoms with E-state index in [4.69, 9.17) is 11.5 Å². The summed E-state index contributed by atoms with van der Waals surface area (Å²) in [4.78, 5) is 21.5. The first kappa shape index (κ1) is 13.4. The zero-order chi connectivity index (χ0) is 11.0. The second-order valence-electron chi connectivity index (χ2n) is 2.90. The molecule has 81 valence electrons. The number of carbonyl (C=O) groups excluding carboxylic acids is 2. The fourth-order valence-corrected chi connectivity index (χ4v) is 1.03. The van der Waals surface area contributed by atoms with E-state index in [1.807, 2.05) is 0 Å². The maximum Gasteiger partial charge on any atom is 0.237 e. The number of nitrogens with two attached hydrogens (primary N) is 2. The van der Waals surface area contributed by atoms with Crippen molar-refractivity contribution in [3.63, 3.8) is 0 Å². The van der Waals surface area contributed by atoms with Gasteiger partial charge in [-0.05, 0) is 19.4 Å². The minimum atomic E-state index is -0.685. The van der Waals surface area contributed by atoms with Gasteiger partial charge >= 0.3 is 0 Å². The number of hydrogen-bond donors (Lipinski definition) is 4. The first-order chi connectivity index (χ1) is 6.65. The summed E-state index contributed by atoms with van der Waals surface area (Å²) in [6.07, 6.45) is 2.85. The second-order valence-corrected chi connectivity index (χ2v) is 3.26. The molecule has 0 aliphatic carbocycles. The molecule has 0 spiro atoms. The molecule has 0 fully saturated rings. The number of amides is 1. The van der Waals surface area contributed by atoms with Gasteiger partial charge in [0.05, 0.1) is 6.04 Å². The molecule has 6 heteroatoms. The van der Waals surface area contributed by atoms with Crippen LogP contribution in [0.5, 0.6) is 0 Å². The van der Waals surface area contributed by atoms with Gasteiger partial charge in [-0.25, -0.2) is 0 Å². The molecule has 1 radical (unpaired) electrons. The highest BCUT2D eigenvalue weighted by Gasteiger charge is 2.16. The second kappa shape index (κ2) is 7.78. The van der Waals surface area contributed by atoms with Gasteiger partial charge in [-0.15, -0.1) is 0 Å². The van der Waals surface area contributed by atoms with Gasteiger partial charge in [0.2, 0.25) is 12.2 Å². The maximum absolute atomic E-state index is 11.3. The first-order valence-corrected chi connectivity index (χ1v) is 5.03. The monoisotopic (exact) mass is 218 g/mol. The molecule has 14 heavy (non-hydrogen) atoms. The minimum Gasteiger partial charge on any atom is -0.344 e. The van der Waals surface area contributed by atoms with E-state index in [9.17, 15) is 9.59 Å². The maximum atomic E-state index is 11.3. The largest absolute Gasteiger partial charge is 0.344 e. The Morgan fingerprint density at radius 2 is 2.21 bits per heavy atom. The van der Waals surface area contributed by atoms with Crippen LogP contribution in [0.2, 0.25) is 0 Å². The van der Waals surface area contributed by atoms with Gasteiger partial charge in [0, 0.05) is 5.75 Å². The van der Waals surface area contributed by atoms with Gasteiger partial charge in [-0.2, -0.15) is 12.6 Å². The van der Waals surface area contributed by atoms with Crippen molar-refractivity contribution in [1.29, 1.82) is 0 Å². The Hall–Kier alpha value is -0.590. The summed E-state index contributed by atoms with van der Waals surface area (Å²) < 4.78 is 0. The van der Waals surface area contributed by atoms with E-state index in [-0.39, 0.29) is 11.7 Å². The zero-order valence-corrected chi connectivity index (χ0v) is 8.80. The topological polar surface area (TPSA) is 98.2 Å². The van der Waals surface area contributed by atoms with Crippen LogP contribution in [0.3, 0.4) is 0 Å². The van der Waals surface area contributed by atoms with Gasteiger partial charge in [-0.3, -0.25) is 9.59 Å². The number of thiol groups is 1. The fourth-order valence-electron chi connectivity index (χ4n) is 0.860. The smallest absolute Gasteiger partial charge is 0.237 e. The number of carbonyl (C=O) groups is 1. The van der Waals surface area contributed by atoms with Gasteiger partial charge < -0.3 is 16.8 Å². The molecular formula is C8H16N3O2S. The lowest BCUT2D eigenvalue weighted by atomic mass is 10.1. The predicted octanol–water partition coefficient (Wildman–Crippen LogP) is -1.42. The summed E-state index contributed by atoms with van der Waals surface area (Å²) in [5, 5.41) is 2.42. The third-order valence-electron chi connectivity index (χ3n) is 1.70. The van der Waals surface area contributed by atoms with Gasteiger partial charge in [0.15, 0.2) is 0 Å². The molecule has 0 aromatic heterocycles. The summed E-state index contributed by atoms with van der Waals surface area (Å²) in [7, 11) is 0. The molecule has 5 N–H and O–H groups in total. The Balaban J connectivity index is 3.86. The van der Waals surface area contributed by atoms with Crippen molar-refractivity contribution in [2.24, 2.45) is 11.5 Å². The van der Waals surface area contributed by atoms with E-state index in [1.54, 1.807) is 6.29 Å². The van der Waals surface area contributed by atoms with Crippen LogP contribution in [-0.2, 0) is 9.59 Å². The Morgan fingerprint density at radius 1 is 1.57 bits per heavy atom. The lowest BCUT2D eigenvalue weighted by Gasteiger charge is -2.14. The lowest BCUT2D eigenvalue weighted by molar-refractivity contribution is -0.122. The normalized spacial score (nSPS) is 14.5. The molecule has 0 aromatic rings. The van der Waals surface area contributed by atoms with E-state index >= 15 is 0 Å². The van der Waals surface area contributed by atoms with Crippen molar-refractivity contribution in [2.45, 2.75) is 24.9 Å². The average Bonchev–Trinajstić information content (AvgIpc) is 2.21. The third-order valence-corrected chi connectivity index (χ3v) is 2.06. The quantitative estimate of drug-likeness (QED) is 0.394. The van der Waals surface area contributed by atoms with Crippen LogP contribution in [-0.4, -0.2) is 36.6 Å². The van der Waals surface area contributed by atoms with E-state index < -0.39 is 12.1 Å². The Kier molecular flexibility index (Phi) is 7.45. The van der Waals surface area contributed by atoms with Gasteiger partial charge in [-0.1, -0.05) is 0 Å². The molecule has 0 bridgehead atoms. The summed E-state index contributed by atoms with van der Waals surface area (Å²) in [6, 6.07) is -1.30. The Labute approximate surface area is 89.0 Å². The van der Waals surface area contributed by atoms with E-state index in [0.29, 0.717) is 19.4 Å². The lowest BCUT2D eigenvalue weighted by Crippen LogP contribution is -2.46. The van der Waals surface area contributed by atoms with Crippen LogP contribution in [0.25, 0.3) is 0 Å². The molecular weight excluding hydrogens is 202 g/mol. The Bertz CT molecular complexity index is 189. The number of rotatable bonds is 7. The summed E-state index contributed by atoms with van der Waals surface area (Å²) >= 11 is 3.87. The molecule has 0 unspecified atom stereocenters. The van der Waals surface area contributed by atoms with Crippen molar-refractivity contribution < 1.29 is 9.59 Å². The van der Waals surface area contributed by atoms with Gasteiger partial charge in [0.1, 0.15) is 6.04 Å². The molecule has 0 saturated carbocycles. The highest BCUT2D eigenvalue weighted by atomic mass is 32.1. The van der Waals surface area contributed by atoms with Crippen LogP contribution in [0.1, 0.15) is 12.8 Å². The summed E-state index contributed by atoms with van der Waals surface area (Å²) in [5.41, 5.74) is 10.8. The molecule has 2 atom stereocenters. The number of nitrogens with one attached hydrogen (secondary N) is 1. The predicted molar refractivity (Wildman–Crippen MR) is 57.7 cm³/mol. The molecule has 0 heterocycles. The van der Waals surface area contributed by atoms with Crippen molar-refractivity contribution in [3.8, 4) is 0 Å². The third kappa shape index (κ3) is 5.21. The summed E-state index contributed by atoms with van der Waals surface area (Å²) in [6.45, 7) is 0.497. The van der Waals surface area contributed by atoms with Crippen LogP contribution in [0, 0.1) is 0 Å².